The number of amides is 1. The summed E-state index contributed by atoms with van der Waals surface area (Å²) in [7, 11) is 1.47. The molecule has 0 atom stereocenters. The molecule has 0 aliphatic rings. The van der Waals surface area contributed by atoms with Crippen molar-refractivity contribution in [2.24, 2.45) is 0 Å². The lowest BCUT2D eigenvalue weighted by atomic mass is 10.1. The number of alkyl halides is 3. The molecular weight excluding hydrogens is 491 g/mol. The minimum atomic E-state index is -4.54. The molecule has 0 bridgehead atoms. The molecule has 0 fully saturated rings. The highest BCUT2D eigenvalue weighted by Crippen LogP contribution is 2.29. The largest absolute Gasteiger partial charge is 0.497 e. The van der Waals surface area contributed by atoms with Crippen LogP contribution in [0.5, 0.6) is 5.75 Å². The summed E-state index contributed by atoms with van der Waals surface area (Å²) >= 11 is 0. The third-order valence-electron chi connectivity index (χ3n) is 5.39. The quantitative estimate of drug-likeness (QED) is 0.409. The van der Waals surface area contributed by atoms with E-state index in [0.29, 0.717) is 11.3 Å². The summed E-state index contributed by atoms with van der Waals surface area (Å²) in [5.74, 6) is -0.332. The topological polar surface area (TPSA) is 108 Å². The zero-order chi connectivity index (χ0) is 26.6. The summed E-state index contributed by atoms with van der Waals surface area (Å²) in [5, 5.41) is 6.58. The second-order valence-electron chi connectivity index (χ2n) is 7.87. The van der Waals surface area contributed by atoms with Gasteiger partial charge >= 0.3 is 11.9 Å². The van der Waals surface area contributed by atoms with Gasteiger partial charge in [-0.05, 0) is 53.6 Å². The summed E-state index contributed by atoms with van der Waals surface area (Å²) < 4.78 is 45.5. The second kappa shape index (κ2) is 10.5. The number of ether oxygens (including phenoxy) is 1. The summed E-state index contributed by atoms with van der Waals surface area (Å²) in [5.41, 5.74) is -2.13. The molecule has 0 aliphatic heterocycles. The lowest BCUT2D eigenvalue weighted by Crippen LogP contribution is -2.46. The Kier molecular flexibility index (Phi) is 7.18. The first-order chi connectivity index (χ1) is 17.7. The number of nitrogens with one attached hydrogen (secondary N) is 1. The molecule has 37 heavy (non-hydrogen) atoms. The van der Waals surface area contributed by atoms with Crippen molar-refractivity contribution in [1.29, 1.82) is 0 Å². The van der Waals surface area contributed by atoms with Crippen LogP contribution in [0.4, 0.5) is 13.2 Å². The van der Waals surface area contributed by atoms with E-state index in [4.69, 9.17) is 4.74 Å². The average Bonchev–Trinajstić information content (AvgIpc) is 2.90. The third kappa shape index (κ3) is 5.74. The monoisotopic (exact) mass is 511 g/mol. The van der Waals surface area contributed by atoms with Gasteiger partial charge in [0.2, 0.25) is 5.69 Å². The minimum Gasteiger partial charge on any atom is -0.497 e. The van der Waals surface area contributed by atoms with E-state index >= 15 is 0 Å². The van der Waals surface area contributed by atoms with Crippen molar-refractivity contribution >= 4 is 5.91 Å². The van der Waals surface area contributed by atoms with E-state index < -0.39 is 34.6 Å². The van der Waals surface area contributed by atoms with E-state index in [1.54, 1.807) is 30.5 Å². The zero-order valence-corrected chi connectivity index (χ0v) is 19.4. The predicted molar refractivity (Wildman–Crippen MR) is 127 cm³/mol. The van der Waals surface area contributed by atoms with Gasteiger partial charge in [0.25, 0.3) is 11.5 Å². The highest BCUT2D eigenvalue weighted by Gasteiger charge is 2.30. The van der Waals surface area contributed by atoms with Gasteiger partial charge in [-0.15, -0.1) is 0 Å². The van der Waals surface area contributed by atoms with Crippen molar-refractivity contribution in [3.05, 3.63) is 116 Å². The second-order valence-corrected chi connectivity index (χ2v) is 7.87. The fraction of sp³-hybridized carbons (Fsp3) is 0.160. The zero-order valence-electron chi connectivity index (χ0n) is 19.4. The number of hydrogen-bond donors (Lipinski definition) is 1. The van der Waals surface area contributed by atoms with Crippen LogP contribution in [0.3, 0.4) is 0 Å². The summed E-state index contributed by atoms with van der Waals surface area (Å²) in [6.07, 6.45) is -1.43. The summed E-state index contributed by atoms with van der Waals surface area (Å²) in [6, 6.07) is 13.6. The Morgan fingerprint density at radius 1 is 1.00 bits per heavy atom. The molecule has 1 amide bonds. The van der Waals surface area contributed by atoms with Crippen molar-refractivity contribution in [3.63, 3.8) is 0 Å². The smallest absolute Gasteiger partial charge is 0.416 e. The van der Waals surface area contributed by atoms with Crippen LogP contribution in [0, 0.1) is 0 Å². The lowest BCUT2D eigenvalue weighted by molar-refractivity contribution is -0.137. The van der Waals surface area contributed by atoms with Crippen LogP contribution in [0.15, 0.2) is 82.6 Å². The van der Waals surface area contributed by atoms with E-state index in [9.17, 15) is 27.6 Å². The number of halogens is 3. The molecule has 0 aliphatic carbocycles. The van der Waals surface area contributed by atoms with Crippen LogP contribution in [-0.4, -0.2) is 32.3 Å². The maximum atomic E-state index is 13.2. The van der Waals surface area contributed by atoms with Crippen LogP contribution in [0.2, 0.25) is 0 Å². The highest BCUT2D eigenvalue weighted by molar-refractivity contribution is 5.91. The van der Waals surface area contributed by atoms with Crippen molar-refractivity contribution < 1.29 is 22.7 Å². The first kappa shape index (κ1) is 25.4. The molecule has 0 unspecified atom stereocenters. The Balaban J connectivity index is 1.76. The van der Waals surface area contributed by atoms with Gasteiger partial charge in [-0.3, -0.25) is 19.1 Å². The Bertz CT molecular complexity index is 1510. The van der Waals surface area contributed by atoms with Gasteiger partial charge in [-0.1, -0.05) is 18.2 Å². The highest BCUT2D eigenvalue weighted by atomic mass is 19.4. The molecule has 2 heterocycles. The molecule has 0 saturated carbocycles. The standard InChI is InChI=1S/C25H20F3N5O4/c1-37-20-10-8-19(9-11-20)33-24(36)32(15-16-4-6-18(7-5-16)25(26,27)28)23(35)21(31-33)22(34)30-14-17-3-2-12-29-13-17/h2-13H,14-15H2,1H3,(H,30,34). The van der Waals surface area contributed by atoms with Crippen LogP contribution < -0.4 is 21.3 Å². The molecule has 4 aromatic rings. The number of methoxy groups -OCH3 is 1. The number of rotatable bonds is 7. The van der Waals surface area contributed by atoms with Crippen LogP contribution in [0.25, 0.3) is 5.69 Å². The van der Waals surface area contributed by atoms with E-state index in [1.165, 1.54) is 25.4 Å². The van der Waals surface area contributed by atoms with Crippen molar-refractivity contribution in [3.8, 4) is 11.4 Å². The van der Waals surface area contributed by atoms with Crippen molar-refractivity contribution in [2.75, 3.05) is 7.11 Å². The predicted octanol–water partition coefficient (Wildman–Crippen LogP) is 2.79. The maximum Gasteiger partial charge on any atom is 0.416 e. The summed E-state index contributed by atoms with van der Waals surface area (Å²) in [6.45, 7) is -0.328. The molecule has 190 valence electrons. The molecule has 12 heteroatoms. The fourth-order valence-electron chi connectivity index (χ4n) is 3.44. The van der Waals surface area contributed by atoms with Crippen molar-refractivity contribution in [1.82, 2.24) is 24.6 Å². The molecule has 1 N–H and O–H groups in total. The first-order valence-electron chi connectivity index (χ1n) is 10.9. The Hall–Kier alpha value is -4.74. The fourth-order valence-corrected chi connectivity index (χ4v) is 3.44. The van der Waals surface area contributed by atoms with Gasteiger partial charge in [0, 0.05) is 18.9 Å². The molecule has 9 nitrogen and oxygen atoms in total. The number of carbonyl (C=O) groups excluding carboxylic acids is 1. The van der Waals surface area contributed by atoms with E-state index in [2.05, 4.69) is 15.4 Å². The number of nitrogens with zero attached hydrogens (tertiary/aromatic N) is 4. The van der Waals surface area contributed by atoms with Gasteiger partial charge in [0.1, 0.15) is 5.75 Å². The van der Waals surface area contributed by atoms with Crippen LogP contribution in [0.1, 0.15) is 27.2 Å². The van der Waals surface area contributed by atoms with Gasteiger partial charge in [-0.2, -0.15) is 23.0 Å². The number of hydrogen-bond acceptors (Lipinski definition) is 6. The minimum absolute atomic E-state index is 0.0500. The Labute approximate surface area is 207 Å². The maximum absolute atomic E-state index is 13.2. The molecule has 0 radical (unpaired) electrons. The van der Waals surface area contributed by atoms with Crippen LogP contribution in [-0.2, 0) is 19.3 Å². The van der Waals surface area contributed by atoms with E-state index in [0.717, 1.165) is 33.5 Å². The molecule has 4 rings (SSSR count). The molecular formula is C25H20F3N5O4. The number of carbonyl (C=O) groups is 1. The van der Waals surface area contributed by atoms with E-state index in [-0.39, 0.29) is 24.3 Å². The third-order valence-corrected chi connectivity index (χ3v) is 5.39. The molecule has 0 saturated heterocycles. The van der Waals surface area contributed by atoms with Gasteiger partial charge in [0.05, 0.1) is 24.9 Å². The van der Waals surface area contributed by atoms with E-state index in [1.807, 2.05) is 0 Å². The van der Waals surface area contributed by atoms with Crippen LogP contribution >= 0.6 is 0 Å². The normalized spacial score (nSPS) is 11.2. The average molecular weight is 511 g/mol. The van der Waals surface area contributed by atoms with Gasteiger partial charge < -0.3 is 10.1 Å². The Morgan fingerprint density at radius 2 is 1.70 bits per heavy atom. The summed E-state index contributed by atoms with van der Waals surface area (Å²) in [4.78, 5) is 43.3. The molecule has 2 aromatic heterocycles. The number of benzene rings is 2. The number of pyridine rings is 1. The molecule has 2 aromatic carbocycles. The Morgan fingerprint density at radius 3 is 2.30 bits per heavy atom. The lowest BCUT2D eigenvalue weighted by Gasteiger charge is -2.13. The molecule has 0 spiro atoms. The van der Waals surface area contributed by atoms with Crippen molar-refractivity contribution in [2.45, 2.75) is 19.3 Å². The first-order valence-corrected chi connectivity index (χ1v) is 10.9. The van der Waals surface area contributed by atoms with Gasteiger partial charge in [-0.25, -0.2) is 4.79 Å². The van der Waals surface area contributed by atoms with Gasteiger partial charge in [0.15, 0.2) is 0 Å². The number of aromatic nitrogens is 4. The SMILES string of the molecule is COc1ccc(-n2nc(C(=O)NCc3cccnc3)c(=O)n(Cc3ccc(C(F)(F)F)cc3)c2=O)cc1.